The van der Waals surface area contributed by atoms with Crippen LogP contribution in [0.1, 0.15) is 22.3 Å². The standard InChI is InChI=1S/C24H19N/c1-18-11-13-20(14-12-18)15-16-21-7-3-5-9-23(21)25-17-19(2)22-8-4-6-10-24(22)25/h3-14,17H,1-2H3. The van der Waals surface area contributed by atoms with E-state index in [-0.39, 0.29) is 0 Å². The summed E-state index contributed by atoms with van der Waals surface area (Å²) in [4.78, 5) is 0. The van der Waals surface area contributed by atoms with Crippen molar-refractivity contribution in [2.75, 3.05) is 0 Å². The van der Waals surface area contributed by atoms with Gasteiger partial charge in [-0.1, -0.05) is 59.9 Å². The molecule has 0 saturated heterocycles. The molecule has 120 valence electrons. The van der Waals surface area contributed by atoms with Crippen molar-refractivity contribution in [2.24, 2.45) is 0 Å². The highest BCUT2D eigenvalue weighted by atomic mass is 15.0. The summed E-state index contributed by atoms with van der Waals surface area (Å²) in [6.45, 7) is 4.24. The first-order valence-electron chi connectivity index (χ1n) is 8.47. The summed E-state index contributed by atoms with van der Waals surface area (Å²) in [5, 5.41) is 1.28. The lowest BCUT2D eigenvalue weighted by molar-refractivity contribution is 1.11. The van der Waals surface area contributed by atoms with Crippen LogP contribution in [0.4, 0.5) is 0 Å². The van der Waals surface area contributed by atoms with Crippen molar-refractivity contribution in [3.05, 3.63) is 101 Å². The van der Waals surface area contributed by atoms with E-state index >= 15 is 0 Å². The average Bonchev–Trinajstić information content (AvgIpc) is 2.99. The zero-order valence-electron chi connectivity index (χ0n) is 14.5. The zero-order chi connectivity index (χ0) is 17.2. The van der Waals surface area contributed by atoms with Crippen LogP contribution in [0.2, 0.25) is 0 Å². The van der Waals surface area contributed by atoms with Gasteiger partial charge in [0.15, 0.2) is 0 Å². The van der Waals surface area contributed by atoms with Crippen LogP contribution in [-0.4, -0.2) is 4.57 Å². The number of rotatable bonds is 1. The predicted octanol–water partition coefficient (Wildman–Crippen LogP) is 5.65. The summed E-state index contributed by atoms with van der Waals surface area (Å²) in [5.74, 6) is 6.64. The number of benzene rings is 3. The zero-order valence-corrected chi connectivity index (χ0v) is 14.5. The molecule has 0 aliphatic carbocycles. The molecule has 0 N–H and O–H groups in total. The quantitative estimate of drug-likeness (QED) is 0.399. The summed E-state index contributed by atoms with van der Waals surface area (Å²) >= 11 is 0. The second kappa shape index (κ2) is 6.34. The molecule has 0 aliphatic heterocycles. The molecular weight excluding hydrogens is 302 g/mol. The first-order chi connectivity index (χ1) is 12.2. The van der Waals surface area contributed by atoms with Crippen molar-refractivity contribution in [1.29, 1.82) is 0 Å². The van der Waals surface area contributed by atoms with Gasteiger partial charge in [0.25, 0.3) is 0 Å². The Hall–Kier alpha value is -3.24. The van der Waals surface area contributed by atoms with E-state index in [0.29, 0.717) is 0 Å². The molecule has 1 heterocycles. The lowest BCUT2D eigenvalue weighted by atomic mass is 10.1. The largest absolute Gasteiger partial charge is 0.315 e. The van der Waals surface area contributed by atoms with E-state index in [2.05, 4.69) is 103 Å². The number of fused-ring (bicyclic) bond motifs is 1. The van der Waals surface area contributed by atoms with Gasteiger partial charge in [0.05, 0.1) is 11.2 Å². The fraction of sp³-hybridized carbons (Fsp3) is 0.0833. The number of aryl methyl sites for hydroxylation is 2. The summed E-state index contributed by atoms with van der Waals surface area (Å²) < 4.78 is 2.24. The highest BCUT2D eigenvalue weighted by molar-refractivity contribution is 5.85. The molecular formula is C24H19N. The second-order valence-electron chi connectivity index (χ2n) is 6.33. The molecule has 1 nitrogen and oxygen atoms in total. The Kier molecular flexibility index (Phi) is 3.88. The Morgan fingerprint density at radius 1 is 0.720 bits per heavy atom. The molecule has 0 bridgehead atoms. The summed E-state index contributed by atoms with van der Waals surface area (Å²) in [6.07, 6.45) is 2.19. The van der Waals surface area contributed by atoms with E-state index in [1.165, 1.54) is 22.0 Å². The molecule has 1 heteroatoms. The number of nitrogens with zero attached hydrogens (tertiary/aromatic N) is 1. The van der Waals surface area contributed by atoms with Crippen molar-refractivity contribution in [3.8, 4) is 17.5 Å². The number of hydrogen-bond acceptors (Lipinski definition) is 0. The minimum absolute atomic E-state index is 1.03. The van der Waals surface area contributed by atoms with Gasteiger partial charge in [0, 0.05) is 22.7 Å². The normalized spacial score (nSPS) is 10.5. The van der Waals surface area contributed by atoms with E-state index in [1.54, 1.807) is 0 Å². The SMILES string of the molecule is Cc1ccc(C#Cc2ccccc2-n2cc(C)c3ccccc32)cc1. The van der Waals surface area contributed by atoms with Gasteiger partial charge in [-0.25, -0.2) is 0 Å². The van der Waals surface area contributed by atoms with Crippen LogP contribution in [0.5, 0.6) is 0 Å². The molecule has 3 aromatic carbocycles. The van der Waals surface area contributed by atoms with Gasteiger partial charge in [-0.15, -0.1) is 0 Å². The Balaban J connectivity index is 1.83. The van der Waals surface area contributed by atoms with Gasteiger partial charge >= 0.3 is 0 Å². The highest BCUT2D eigenvalue weighted by Crippen LogP contribution is 2.25. The van der Waals surface area contributed by atoms with Crippen LogP contribution in [0.3, 0.4) is 0 Å². The molecule has 0 spiro atoms. The monoisotopic (exact) mass is 321 g/mol. The van der Waals surface area contributed by atoms with Gasteiger partial charge in [-0.3, -0.25) is 0 Å². The molecule has 0 saturated carbocycles. The topological polar surface area (TPSA) is 4.93 Å². The smallest absolute Gasteiger partial charge is 0.0612 e. The lowest BCUT2D eigenvalue weighted by Crippen LogP contribution is -1.95. The second-order valence-corrected chi connectivity index (χ2v) is 6.33. The van der Waals surface area contributed by atoms with Crippen LogP contribution in [0.25, 0.3) is 16.6 Å². The van der Waals surface area contributed by atoms with Gasteiger partial charge in [0.2, 0.25) is 0 Å². The third kappa shape index (κ3) is 2.95. The molecule has 1 aromatic heterocycles. The first-order valence-corrected chi connectivity index (χ1v) is 8.47. The highest BCUT2D eigenvalue weighted by Gasteiger charge is 2.08. The van der Waals surface area contributed by atoms with Gasteiger partial charge < -0.3 is 4.57 Å². The lowest BCUT2D eigenvalue weighted by Gasteiger charge is -2.08. The van der Waals surface area contributed by atoms with Crippen molar-refractivity contribution in [3.63, 3.8) is 0 Å². The average molecular weight is 321 g/mol. The van der Waals surface area contributed by atoms with Crippen LogP contribution in [-0.2, 0) is 0 Å². The van der Waals surface area contributed by atoms with Gasteiger partial charge in [-0.05, 0) is 49.7 Å². The predicted molar refractivity (Wildman–Crippen MR) is 105 cm³/mol. The number of aromatic nitrogens is 1. The van der Waals surface area contributed by atoms with Crippen LogP contribution in [0.15, 0.2) is 79.0 Å². The Morgan fingerprint density at radius 3 is 2.28 bits per heavy atom. The third-order valence-corrected chi connectivity index (χ3v) is 4.47. The minimum Gasteiger partial charge on any atom is -0.315 e. The Labute approximate surface area is 148 Å². The molecule has 4 aromatic rings. The van der Waals surface area contributed by atoms with E-state index in [4.69, 9.17) is 0 Å². The molecule has 25 heavy (non-hydrogen) atoms. The third-order valence-electron chi connectivity index (χ3n) is 4.47. The Morgan fingerprint density at radius 2 is 1.44 bits per heavy atom. The number of hydrogen-bond donors (Lipinski definition) is 0. The molecule has 0 radical (unpaired) electrons. The maximum atomic E-state index is 3.35. The van der Waals surface area contributed by atoms with Crippen molar-refractivity contribution >= 4 is 10.9 Å². The molecule has 0 aliphatic rings. The molecule has 0 amide bonds. The summed E-state index contributed by atoms with van der Waals surface area (Å²) in [7, 11) is 0. The molecule has 0 fully saturated rings. The van der Waals surface area contributed by atoms with Crippen molar-refractivity contribution in [2.45, 2.75) is 13.8 Å². The van der Waals surface area contributed by atoms with E-state index in [0.717, 1.165) is 16.8 Å². The van der Waals surface area contributed by atoms with E-state index in [1.807, 2.05) is 6.07 Å². The van der Waals surface area contributed by atoms with Crippen LogP contribution in [0, 0.1) is 25.7 Å². The van der Waals surface area contributed by atoms with E-state index in [9.17, 15) is 0 Å². The number of para-hydroxylation sites is 2. The first kappa shape index (κ1) is 15.3. The fourth-order valence-corrected chi connectivity index (χ4v) is 3.12. The van der Waals surface area contributed by atoms with Crippen LogP contribution < -0.4 is 0 Å². The van der Waals surface area contributed by atoms with E-state index < -0.39 is 0 Å². The molecule has 0 atom stereocenters. The maximum absolute atomic E-state index is 3.35. The van der Waals surface area contributed by atoms with Crippen molar-refractivity contribution < 1.29 is 0 Å². The van der Waals surface area contributed by atoms with Crippen molar-refractivity contribution in [1.82, 2.24) is 4.57 Å². The summed E-state index contributed by atoms with van der Waals surface area (Å²) in [5.41, 5.74) is 6.92. The minimum atomic E-state index is 1.03. The molecule has 0 unspecified atom stereocenters. The van der Waals surface area contributed by atoms with Gasteiger partial charge in [-0.2, -0.15) is 0 Å². The fourth-order valence-electron chi connectivity index (χ4n) is 3.12. The van der Waals surface area contributed by atoms with Gasteiger partial charge in [0.1, 0.15) is 0 Å². The Bertz CT molecular complexity index is 1100. The molecule has 4 rings (SSSR count). The maximum Gasteiger partial charge on any atom is 0.0612 e. The summed E-state index contributed by atoms with van der Waals surface area (Å²) in [6, 6.07) is 25.1. The van der Waals surface area contributed by atoms with Crippen LogP contribution >= 0.6 is 0 Å².